The van der Waals surface area contributed by atoms with E-state index in [1.54, 1.807) is 32.6 Å². The Bertz CT molecular complexity index is 955. The molecule has 0 aromatic heterocycles. The van der Waals surface area contributed by atoms with Gasteiger partial charge in [0.15, 0.2) is 0 Å². The minimum absolute atomic E-state index is 0.0286. The molecule has 41 heavy (non-hydrogen) atoms. The molecule has 0 bridgehead atoms. The molecule has 0 aliphatic heterocycles. The molecule has 0 fully saturated rings. The molecule has 1 rings (SSSR count). The Balaban J connectivity index is 3.42. The van der Waals surface area contributed by atoms with Gasteiger partial charge in [-0.1, -0.05) is 77.6 Å². The first-order valence-corrected chi connectivity index (χ1v) is 15.2. The lowest BCUT2D eigenvalue weighted by atomic mass is 9.97. The van der Waals surface area contributed by atoms with Crippen molar-refractivity contribution in [3.8, 4) is 0 Å². The number of aryl methyl sites for hydroxylation is 1. The Morgan fingerprint density at radius 2 is 1.56 bits per heavy atom. The number of alkyl carbamates (subject to hydrolysis) is 1. The van der Waals surface area contributed by atoms with Gasteiger partial charge in [0.25, 0.3) is 0 Å². The number of carbonyl (C=O) groups is 4. The van der Waals surface area contributed by atoms with Gasteiger partial charge in [-0.15, -0.1) is 0 Å². The highest BCUT2D eigenvalue weighted by atomic mass is 16.6. The Kier molecular flexibility index (Phi) is 16.1. The van der Waals surface area contributed by atoms with Crippen LogP contribution in [0.1, 0.15) is 111 Å². The van der Waals surface area contributed by atoms with Gasteiger partial charge in [-0.25, -0.2) is 4.79 Å². The SMILES string of the molecule is CCCCCCCN(C(=O)C(NC(=O)OC(C)(C)C)C(C)C)C(C(=O)NCCC(=O)OCC)c1ccc(CC)cc1. The second-order valence-corrected chi connectivity index (χ2v) is 11.7. The van der Waals surface area contributed by atoms with Crippen LogP contribution >= 0.6 is 0 Å². The second-order valence-electron chi connectivity index (χ2n) is 11.7. The van der Waals surface area contributed by atoms with Crippen LogP contribution in [0.4, 0.5) is 4.79 Å². The highest BCUT2D eigenvalue weighted by Gasteiger charge is 2.37. The number of nitrogens with zero attached hydrogens (tertiary/aromatic N) is 1. The van der Waals surface area contributed by atoms with Gasteiger partial charge in [-0.2, -0.15) is 0 Å². The number of unbranched alkanes of at least 4 members (excludes halogenated alkanes) is 4. The summed E-state index contributed by atoms with van der Waals surface area (Å²) in [5.41, 5.74) is 1.05. The predicted molar refractivity (Wildman–Crippen MR) is 161 cm³/mol. The van der Waals surface area contributed by atoms with Crippen molar-refractivity contribution in [2.24, 2.45) is 5.92 Å². The highest BCUT2D eigenvalue weighted by molar-refractivity contribution is 5.92. The molecule has 0 aliphatic rings. The van der Waals surface area contributed by atoms with E-state index in [4.69, 9.17) is 9.47 Å². The normalized spacial score (nSPS) is 12.8. The summed E-state index contributed by atoms with van der Waals surface area (Å²) in [4.78, 5) is 54.1. The van der Waals surface area contributed by atoms with Crippen molar-refractivity contribution in [3.05, 3.63) is 35.4 Å². The molecular weight excluding hydrogens is 522 g/mol. The predicted octanol–water partition coefficient (Wildman–Crippen LogP) is 5.71. The Hall–Kier alpha value is -3.10. The molecule has 9 heteroatoms. The van der Waals surface area contributed by atoms with Crippen molar-refractivity contribution < 1.29 is 28.7 Å². The zero-order valence-electron chi connectivity index (χ0n) is 26.5. The number of amides is 3. The summed E-state index contributed by atoms with van der Waals surface area (Å²) >= 11 is 0. The minimum Gasteiger partial charge on any atom is -0.466 e. The lowest BCUT2D eigenvalue weighted by Gasteiger charge is -2.35. The summed E-state index contributed by atoms with van der Waals surface area (Å²) < 4.78 is 10.4. The van der Waals surface area contributed by atoms with Crippen molar-refractivity contribution in [2.75, 3.05) is 19.7 Å². The third-order valence-electron chi connectivity index (χ3n) is 6.59. The zero-order chi connectivity index (χ0) is 31.0. The first-order valence-electron chi connectivity index (χ1n) is 15.2. The van der Waals surface area contributed by atoms with Crippen LogP contribution in [-0.4, -0.2) is 60.1 Å². The number of nitrogens with one attached hydrogen (secondary N) is 2. The fraction of sp³-hybridized carbons (Fsp3) is 0.688. The first kappa shape index (κ1) is 35.9. The molecule has 2 unspecified atom stereocenters. The van der Waals surface area contributed by atoms with E-state index in [2.05, 4.69) is 24.5 Å². The van der Waals surface area contributed by atoms with Crippen LogP contribution in [0.5, 0.6) is 0 Å². The molecule has 2 atom stereocenters. The van der Waals surface area contributed by atoms with Gasteiger partial charge in [0.2, 0.25) is 11.8 Å². The van der Waals surface area contributed by atoms with Gasteiger partial charge in [0.1, 0.15) is 17.7 Å². The standard InChI is InChI=1S/C32H53N3O6/c1-9-12-13-14-15-22-35(30(38)27(23(4)5)34-31(39)41-32(6,7)8)28(25-18-16-24(10-2)17-19-25)29(37)33-21-20-26(36)40-11-3/h16-19,23,27-28H,9-15,20-22H2,1-8H3,(H,33,37)(H,34,39). The second kappa shape index (κ2) is 18.4. The van der Waals surface area contributed by atoms with Gasteiger partial charge in [-0.3, -0.25) is 14.4 Å². The monoisotopic (exact) mass is 575 g/mol. The number of esters is 1. The van der Waals surface area contributed by atoms with Gasteiger partial charge in [0, 0.05) is 13.1 Å². The number of benzene rings is 1. The average molecular weight is 576 g/mol. The molecule has 0 saturated heterocycles. The summed E-state index contributed by atoms with van der Waals surface area (Å²) in [5.74, 6) is -1.40. The summed E-state index contributed by atoms with van der Waals surface area (Å²) in [7, 11) is 0. The van der Waals surface area contributed by atoms with Crippen LogP contribution in [-0.2, 0) is 30.3 Å². The Labute approximate surface area is 247 Å². The van der Waals surface area contributed by atoms with Crippen LogP contribution < -0.4 is 10.6 Å². The van der Waals surface area contributed by atoms with E-state index < -0.39 is 29.7 Å². The fourth-order valence-electron chi connectivity index (χ4n) is 4.41. The summed E-state index contributed by atoms with van der Waals surface area (Å²) in [6.07, 6.45) is 5.02. The molecule has 2 N–H and O–H groups in total. The molecule has 0 aliphatic carbocycles. The Morgan fingerprint density at radius 1 is 0.927 bits per heavy atom. The summed E-state index contributed by atoms with van der Waals surface area (Å²) in [6.45, 7) is 15.6. The van der Waals surface area contributed by atoms with Crippen molar-refractivity contribution >= 4 is 23.9 Å². The van der Waals surface area contributed by atoms with Crippen LogP contribution in [0.2, 0.25) is 0 Å². The Morgan fingerprint density at radius 3 is 2.10 bits per heavy atom. The molecule has 0 saturated carbocycles. The fourth-order valence-corrected chi connectivity index (χ4v) is 4.41. The van der Waals surface area contributed by atoms with Gasteiger partial charge < -0.3 is 25.0 Å². The first-order chi connectivity index (χ1) is 19.3. The van der Waals surface area contributed by atoms with Crippen LogP contribution in [0.25, 0.3) is 0 Å². The van der Waals surface area contributed by atoms with E-state index in [1.165, 1.54) is 0 Å². The lowest BCUT2D eigenvalue weighted by molar-refractivity contribution is -0.144. The van der Waals surface area contributed by atoms with Gasteiger partial charge in [-0.05, 0) is 57.6 Å². The molecule has 3 amide bonds. The molecule has 1 aromatic carbocycles. The molecule has 232 valence electrons. The molecule has 0 radical (unpaired) electrons. The maximum atomic E-state index is 14.2. The van der Waals surface area contributed by atoms with Crippen LogP contribution in [0.15, 0.2) is 24.3 Å². The van der Waals surface area contributed by atoms with Crippen molar-refractivity contribution in [2.45, 2.75) is 118 Å². The van der Waals surface area contributed by atoms with E-state index in [9.17, 15) is 19.2 Å². The minimum atomic E-state index is -0.941. The summed E-state index contributed by atoms with van der Waals surface area (Å²) in [6, 6.07) is 5.82. The van der Waals surface area contributed by atoms with Crippen LogP contribution in [0, 0.1) is 5.92 Å². The molecule has 0 spiro atoms. The number of hydrogen-bond donors (Lipinski definition) is 2. The highest BCUT2D eigenvalue weighted by Crippen LogP contribution is 2.25. The van der Waals surface area contributed by atoms with Gasteiger partial charge >= 0.3 is 12.1 Å². The number of carbonyl (C=O) groups excluding carboxylic acids is 4. The largest absolute Gasteiger partial charge is 0.466 e. The molecular formula is C32H53N3O6. The van der Waals surface area contributed by atoms with Crippen molar-refractivity contribution in [1.82, 2.24) is 15.5 Å². The maximum Gasteiger partial charge on any atom is 0.408 e. The molecule has 1 aromatic rings. The van der Waals surface area contributed by atoms with Gasteiger partial charge in [0.05, 0.1) is 13.0 Å². The lowest BCUT2D eigenvalue weighted by Crippen LogP contribution is -2.55. The van der Waals surface area contributed by atoms with Crippen molar-refractivity contribution in [3.63, 3.8) is 0 Å². The van der Waals surface area contributed by atoms with Crippen molar-refractivity contribution in [1.29, 1.82) is 0 Å². The third-order valence-corrected chi connectivity index (χ3v) is 6.59. The number of hydrogen-bond acceptors (Lipinski definition) is 6. The van der Waals surface area contributed by atoms with Crippen LogP contribution in [0.3, 0.4) is 0 Å². The average Bonchev–Trinajstić information content (AvgIpc) is 2.89. The number of ether oxygens (including phenoxy) is 2. The smallest absolute Gasteiger partial charge is 0.408 e. The summed E-state index contributed by atoms with van der Waals surface area (Å²) in [5, 5.41) is 5.59. The van der Waals surface area contributed by atoms with E-state index in [-0.39, 0.29) is 37.3 Å². The third kappa shape index (κ3) is 13.4. The zero-order valence-corrected chi connectivity index (χ0v) is 26.5. The topological polar surface area (TPSA) is 114 Å². The maximum absolute atomic E-state index is 14.2. The number of rotatable bonds is 17. The molecule has 0 heterocycles. The quantitative estimate of drug-likeness (QED) is 0.182. The van der Waals surface area contributed by atoms with E-state index in [0.29, 0.717) is 18.5 Å². The van der Waals surface area contributed by atoms with E-state index in [0.717, 1.165) is 37.7 Å². The van der Waals surface area contributed by atoms with E-state index in [1.807, 2.05) is 38.1 Å². The van der Waals surface area contributed by atoms with E-state index >= 15 is 0 Å². The molecule has 9 nitrogen and oxygen atoms in total.